The summed E-state index contributed by atoms with van der Waals surface area (Å²) in [5.41, 5.74) is -1.38. The minimum Gasteiger partial charge on any atom is -0.453 e. The maximum absolute atomic E-state index is 11.9. The van der Waals surface area contributed by atoms with E-state index in [4.69, 9.17) is 4.74 Å². The van der Waals surface area contributed by atoms with Crippen molar-refractivity contribution < 1.29 is 19.4 Å². The largest absolute Gasteiger partial charge is 0.453 e. The van der Waals surface area contributed by atoms with Crippen LogP contribution in [0.4, 0.5) is 0 Å². The van der Waals surface area contributed by atoms with Gasteiger partial charge >= 0.3 is 5.97 Å². The fraction of sp³-hybridized carbons (Fsp3) is 0.875. The second-order valence-electron chi connectivity index (χ2n) is 6.60. The Bertz CT molecular complexity index is 376. The zero-order valence-corrected chi connectivity index (χ0v) is 12.9. The van der Waals surface area contributed by atoms with Gasteiger partial charge in [0, 0.05) is 6.04 Å². The number of amides is 1. The van der Waals surface area contributed by atoms with Gasteiger partial charge in [-0.3, -0.25) is 4.79 Å². The molecule has 2 fully saturated rings. The van der Waals surface area contributed by atoms with E-state index >= 15 is 0 Å². The number of esters is 1. The fourth-order valence-electron chi connectivity index (χ4n) is 3.39. The normalized spacial score (nSPS) is 28.7. The monoisotopic (exact) mass is 297 g/mol. The van der Waals surface area contributed by atoms with Gasteiger partial charge in [0.2, 0.25) is 0 Å². The molecule has 0 heterocycles. The van der Waals surface area contributed by atoms with Gasteiger partial charge < -0.3 is 15.2 Å². The quantitative estimate of drug-likeness (QED) is 0.777. The Morgan fingerprint density at radius 3 is 2.48 bits per heavy atom. The smallest absolute Gasteiger partial charge is 0.338 e. The molecule has 5 heteroatoms. The van der Waals surface area contributed by atoms with Gasteiger partial charge in [-0.05, 0) is 44.4 Å². The molecule has 2 aliphatic rings. The van der Waals surface area contributed by atoms with E-state index in [2.05, 4.69) is 12.2 Å². The molecule has 2 unspecified atom stereocenters. The van der Waals surface area contributed by atoms with Crippen molar-refractivity contribution in [2.45, 2.75) is 76.4 Å². The van der Waals surface area contributed by atoms with Crippen molar-refractivity contribution in [3.05, 3.63) is 0 Å². The molecule has 2 N–H and O–H groups in total. The summed E-state index contributed by atoms with van der Waals surface area (Å²) >= 11 is 0. The maximum atomic E-state index is 11.9. The number of hydrogen-bond acceptors (Lipinski definition) is 4. The highest BCUT2D eigenvalue weighted by atomic mass is 16.6. The third-order valence-corrected chi connectivity index (χ3v) is 4.85. The predicted molar refractivity (Wildman–Crippen MR) is 78.6 cm³/mol. The molecule has 0 aromatic heterocycles. The van der Waals surface area contributed by atoms with E-state index in [9.17, 15) is 14.7 Å². The summed E-state index contributed by atoms with van der Waals surface area (Å²) in [5.74, 6) is -0.434. The first-order chi connectivity index (χ1) is 10.0. The van der Waals surface area contributed by atoms with Crippen molar-refractivity contribution in [1.29, 1.82) is 0 Å². The molecular weight excluding hydrogens is 270 g/mol. The highest BCUT2D eigenvalue weighted by molar-refractivity contribution is 5.84. The topological polar surface area (TPSA) is 75.6 Å². The van der Waals surface area contributed by atoms with Crippen LogP contribution in [-0.4, -0.2) is 35.2 Å². The lowest BCUT2D eigenvalue weighted by Crippen LogP contribution is -2.46. The molecule has 2 atom stereocenters. The van der Waals surface area contributed by atoms with Crippen LogP contribution in [0.2, 0.25) is 0 Å². The summed E-state index contributed by atoms with van der Waals surface area (Å²) in [6.45, 7) is 1.85. The summed E-state index contributed by atoms with van der Waals surface area (Å²) in [6.07, 6.45) is 8.05. The second kappa shape index (κ2) is 7.25. The van der Waals surface area contributed by atoms with Crippen molar-refractivity contribution in [2.75, 3.05) is 6.61 Å². The summed E-state index contributed by atoms with van der Waals surface area (Å²) in [6, 6.07) is 0.183. The number of carbonyl (C=O) groups excluding carboxylic acids is 2. The van der Waals surface area contributed by atoms with E-state index < -0.39 is 11.6 Å². The van der Waals surface area contributed by atoms with Gasteiger partial charge in [0.15, 0.2) is 12.2 Å². The van der Waals surface area contributed by atoms with Gasteiger partial charge in [-0.25, -0.2) is 4.79 Å². The Hall–Kier alpha value is -1.10. The Balaban J connectivity index is 1.74. The van der Waals surface area contributed by atoms with E-state index in [1.165, 1.54) is 6.42 Å². The lowest BCUT2D eigenvalue weighted by molar-refractivity contribution is -0.170. The van der Waals surface area contributed by atoms with Crippen LogP contribution in [0.3, 0.4) is 0 Å². The standard InChI is InChI=1S/C16H27NO4/c1-12-7-3-4-8-13(12)17-14(18)11-21-15(19)16(20)9-5-2-6-10-16/h12-13,20H,2-11H2,1H3,(H,17,18). The second-order valence-corrected chi connectivity index (χ2v) is 6.60. The summed E-state index contributed by atoms with van der Waals surface area (Å²) in [4.78, 5) is 23.8. The predicted octanol–water partition coefficient (Wildman–Crippen LogP) is 1.92. The molecule has 1 amide bonds. The Morgan fingerprint density at radius 2 is 1.81 bits per heavy atom. The van der Waals surface area contributed by atoms with Gasteiger partial charge in [0.25, 0.3) is 5.91 Å². The van der Waals surface area contributed by atoms with E-state index in [0.717, 1.165) is 38.5 Å². The Morgan fingerprint density at radius 1 is 1.14 bits per heavy atom. The average molecular weight is 297 g/mol. The fourth-order valence-corrected chi connectivity index (χ4v) is 3.39. The van der Waals surface area contributed by atoms with Crippen molar-refractivity contribution in [3.8, 4) is 0 Å². The summed E-state index contributed by atoms with van der Waals surface area (Å²) in [5, 5.41) is 13.2. The van der Waals surface area contributed by atoms with Crippen molar-refractivity contribution in [2.24, 2.45) is 5.92 Å². The third-order valence-electron chi connectivity index (χ3n) is 4.85. The molecule has 0 aliphatic heterocycles. The van der Waals surface area contributed by atoms with Crippen LogP contribution in [0, 0.1) is 5.92 Å². The van der Waals surface area contributed by atoms with Gasteiger partial charge in [-0.15, -0.1) is 0 Å². The van der Waals surface area contributed by atoms with Gasteiger partial charge in [-0.2, -0.15) is 0 Å². The Kier molecular flexibility index (Phi) is 5.62. The van der Waals surface area contributed by atoms with Crippen LogP contribution in [0.25, 0.3) is 0 Å². The van der Waals surface area contributed by atoms with Crippen molar-refractivity contribution in [3.63, 3.8) is 0 Å². The lowest BCUT2D eigenvalue weighted by atomic mass is 9.85. The first-order valence-electron chi connectivity index (χ1n) is 8.20. The maximum Gasteiger partial charge on any atom is 0.338 e. The molecular formula is C16H27NO4. The number of rotatable bonds is 4. The van der Waals surface area contributed by atoms with Crippen LogP contribution < -0.4 is 5.32 Å². The molecule has 0 spiro atoms. The highest BCUT2D eigenvalue weighted by Crippen LogP contribution is 2.29. The van der Waals surface area contributed by atoms with Crippen LogP contribution in [-0.2, 0) is 14.3 Å². The molecule has 0 radical (unpaired) electrons. The SMILES string of the molecule is CC1CCCCC1NC(=O)COC(=O)C1(O)CCCCC1. The van der Waals surface area contributed by atoms with Crippen LogP contribution in [0.5, 0.6) is 0 Å². The molecule has 0 aromatic carbocycles. The molecule has 0 bridgehead atoms. The van der Waals surface area contributed by atoms with Gasteiger partial charge in [0.05, 0.1) is 0 Å². The molecule has 0 aromatic rings. The molecule has 0 saturated heterocycles. The van der Waals surface area contributed by atoms with E-state index in [0.29, 0.717) is 18.8 Å². The summed E-state index contributed by atoms with van der Waals surface area (Å²) < 4.78 is 5.02. The minimum atomic E-state index is -1.38. The van der Waals surface area contributed by atoms with Gasteiger partial charge in [0.1, 0.15) is 0 Å². The zero-order valence-electron chi connectivity index (χ0n) is 12.9. The molecule has 120 valence electrons. The molecule has 2 rings (SSSR count). The van der Waals surface area contributed by atoms with E-state index in [1.54, 1.807) is 0 Å². The van der Waals surface area contributed by atoms with Gasteiger partial charge in [-0.1, -0.05) is 26.2 Å². The number of hydrogen-bond donors (Lipinski definition) is 2. The molecule has 21 heavy (non-hydrogen) atoms. The third kappa shape index (κ3) is 4.43. The highest BCUT2D eigenvalue weighted by Gasteiger charge is 2.39. The molecule has 5 nitrogen and oxygen atoms in total. The van der Waals surface area contributed by atoms with Crippen LogP contribution in [0.1, 0.15) is 64.7 Å². The summed E-state index contributed by atoms with van der Waals surface area (Å²) in [7, 11) is 0. The number of aliphatic hydroxyl groups is 1. The first-order valence-corrected chi connectivity index (χ1v) is 8.20. The van der Waals surface area contributed by atoms with Crippen molar-refractivity contribution in [1.82, 2.24) is 5.32 Å². The van der Waals surface area contributed by atoms with Crippen LogP contribution >= 0.6 is 0 Å². The Labute approximate surface area is 126 Å². The van der Waals surface area contributed by atoms with E-state index in [-0.39, 0.29) is 18.6 Å². The lowest BCUT2D eigenvalue weighted by Gasteiger charge is -2.30. The zero-order chi connectivity index (χ0) is 15.3. The van der Waals surface area contributed by atoms with Crippen LogP contribution in [0.15, 0.2) is 0 Å². The number of nitrogens with one attached hydrogen (secondary N) is 1. The van der Waals surface area contributed by atoms with Crippen molar-refractivity contribution >= 4 is 11.9 Å². The number of ether oxygens (including phenoxy) is 1. The number of carbonyl (C=O) groups is 2. The molecule has 2 saturated carbocycles. The van der Waals surface area contributed by atoms with E-state index in [1.807, 2.05) is 0 Å². The minimum absolute atomic E-state index is 0.183. The first kappa shape index (κ1) is 16.3. The molecule has 2 aliphatic carbocycles. The average Bonchev–Trinajstić information content (AvgIpc) is 2.48.